The van der Waals surface area contributed by atoms with Gasteiger partial charge < -0.3 is 15.0 Å². The lowest BCUT2D eigenvalue weighted by atomic mass is 10.0. The van der Waals surface area contributed by atoms with Gasteiger partial charge in [0.15, 0.2) is 11.6 Å². The molecule has 0 spiro atoms. The lowest BCUT2D eigenvalue weighted by Crippen LogP contribution is -2.38. The Kier molecular flexibility index (Phi) is 4.37. The number of halogens is 2. The van der Waals surface area contributed by atoms with Crippen LogP contribution < -0.4 is 15.0 Å². The molecule has 2 heterocycles. The lowest BCUT2D eigenvalue weighted by Gasteiger charge is -2.32. The van der Waals surface area contributed by atoms with Gasteiger partial charge in [-0.2, -0.15) is 4.98 Å². The fourth-order valence-electron chi connectivity index (χ4n) is 2.90. The van der Waals surface area contributed by atoms with Crippen molar-refractivity contribution in [1.82, 2.24) is 9.97 Å². The van der Waals surface area contributed by atoms with Crippen molar-refractivity contribution in [1.29, 1.82) is 0 Å². The molecule has 3 aromatic rings. The molecular formula is C19H14ClFN4O2. The summed E-state index contributed by atoms with van der Waals surface area (Å²) < 4.78 is 20.0. The number of carbonyl (C=O) groups is 1. The first-order valence-corrected chi connectivity index (χ1v) is 8.49. The predicted octanol–water partition coefficient (Wildman–Crippen LogP) is 4.11. The van der Waals surface area contributed by atoms with E-state index in [1.54, 1.807) is 42.3 Å². The number of amides is 1. The second kappa shape index (κ2) is 6.85. The molecule has 1 aliphatic heterocycles. The number of para-hydroxylation sites is 3. The third kappa shape index (κ3) is 3.17. The van der Waals surface area contributed by atoms with Gasteiger partial charge in [-0.3, -0.25) is 4.79 Å². The van der Waals surface area contributed by atoms with Gasteiger partial charge in [-0.25, -0.2) is 9.37 Å². The van der Waals surface area contributed by atoms with Gasteiger partial charge in [-0.05, 0) is 29.8 Å². The van der Waals surface area contributed by atoms with E-state index in [9.17, 15) is 9.18 Å². The maximum absolute atomic E-state index is 14.0. The molecule has 1 unspecified atom stereocenters. The summed E-state index contributed by atoms with van der Waals surface area (Å²) in [5.41, 5.74) is 1.73. The molecular weight excluding hydrogens is 371 g/mol. The first-order chi connectivity index (χ1) is 13.0. The average Bonchev–Trinajstić information content (AvgIpc) is 2.68. The Morgan fingerprint density at radius 2 is 1.93 bits per heavy atom. The maximum Gasteiger partial charge on any atom is 0.272 e. The van der Waals surface area contributed by atoms with E-state index in [4.69, 9.17) is 16.3 Å². The number of nitrogens with one attached hydrogen (secondary N) is 1. The normalized spacial score (nSPS) is 15.9. The van der Waals surface area contributed by atoms with Crippen molar-refractivity contribution in [3.05, 3.63) is 71.4 Å². The Morgan fingerprint density at radius 3 is 2.78 bits per heavy atom. The van der Waals surface area contributed by atoms with Crippen molar-refractivity contribution in [2.75, 3.05) is 17.3 Å². The van der Waals surface area contributed by atoms with Crippen molar-refractivity contribution >= 4 is 34.7 Å². The van der Waals surface area contributed by atoms with Gasteiger partial charge in [0.1, 0.15) is 5.75 Å². The largest absolute Gasteiger partial charge is 0.474 e. The number of fused-ring (bicyclic) bond motifs is 1. The topological polar surface area (TPSA) is 67.4 Å². The molecule has 1 aromatic heterocycles. The molecule has 6 nitrogen and oxygen atoms in total. The number of benzene rings is 2. The second-order valence-corrected chi connectivity index (χ2v) is 6.25. The lowest BCUT2D eigenvalue weighted by molar-refractivity contribution is -0.126. The molecule has 1 aliphatic rings. The zero-order valence-corrected chi connectivity index (χ0v) is 14.9. The van der Waals surface area contributed by atoms with E-state index in [2.05, 4.69) is 15.3 Å². The number of nitrogens with zero attached hydrogens (tertiary/aromatic N) is 3. The molecule has 1 N–H and O–H groups in total. The molecule has 136 valence electrons. The van der Waals surface area contributed by atoms with E-state index >= 15 is 0 Å². The molecule has 0 aliphatic carbocycles. The predicted molar refractivity (Wildman–Crippen MR) is 99.9 cm³/mol. The zero-order chi connectivity index (χ0) is 19.0. The van der Waals surface area contributed by atoms with Crippen LogP contribution >= 0.6 is 11.6 Å². The number of rotatable bonds is 3. The fraction of sp³-hybridized carbons (Fsp3) is 0.105. The number of aromatic nitrogens is 2. The Morgan fingerprint density at radius 1 is 1.19 bits per heavy atom. The van der Waals surface area contributed by atoms with Crippen LogP contribution in [0.1, 0.15) is 11.7 Å². The molecule has 0 bridgehead atoms. The van der Waals surface area contributed by atoms with Crippen molar-refractivity contribution in [3.8, 4) is 5.75 Å². The van der Waals surface area contributed by atoms with E-state index in [0.717, 1.165) is 6.20 Å². The van der Waals surface area contributed by atoms with Crippen molar-refractivity contribution in [2.45, 2.75) is 6.10 Å². The van der Waals surface area contributed by atoms with Crippen LogP contribution in [0.15, 0.2) is 54.7 Å². The molecule has 27 heavy (non-hydrogen) atoms. The Balaban J connectivity index is 1.73. The van der Waals surface area contributed by atoms with Crippen LogP contribution in [-0.4, -0.2) is 22.9 Å². The summed E-state index contributed by atoms with van der Waals surface area (Å²) in [6, 6.07) is 14.3. The highest BCUT2D eigenvalue weighted by molar-refractivity contribution is 6.28. The molecule has 0 fully saturated rings. The van der Waals surface area contributed by atoms with E-state index < -0.39 is 11.9 Å². The number of carbonyl (C=O) groups excluding carboxylic acids is 1. The van der Waals surface area contributed by atoms with Crippen molar-refractivity contribution in [3.63, 3.8) is 0 Å². The highest BCUT2D eigenvalue weighted by Gasteiger charge is 2.34. The van der Waals surface area contributed by atoms with Crippen molar-refractivity contribution < 1.29 is 13.9 Å². The van der Waals surface area contributed by atoms with Gasteiger partial charge in [-0.1, -0.05) is 30.3 Å². The van der Waals surface area contributed by atoms with Crippen molar-refractivity contribution in [2.24, 2.45) is 0 Å². The minimum Gasteiger partial charge on any atom is -0.474 e. The van der Waals surface area contributed by atoms with Crippen LogP contribution in [0.25, 0.3) is 0 Å². The van der Waals surface area contributed by atoms with Gasteiger partial charge in [-0.15, -0.1) is 0 Å². The summed E-state index contributed by atoms with van der Waals surface area (Å²) in [6.07, 6.45) is 0.0982. The molecule has 8 heteroatoms. The molecule has 1 atom stereocenters. The standard InChI is InChI=1S/C19H14ClFN4O2/c1-25-14-8-4-5-9-15(14)27-16(18(25)26)11-6-2-3-7-13(11)23-17-12(21)10-22-19(20)24-17/h2-10,16H,1H3,(H,22,23,24). The molecule has 0 saturated carbocycles. The van der Waals surface area contributed by atoms with E-state index in [-0.39, 0.29) is 17.0 Å². The minimum absolute atomic E-state index is 0.0838. The highest BCUT2D eigenvalue weighted by atomic mass is 35.5. The fourth-order valence-corrected chi connectivity index (χ4v) is 3.04. The molecule has 1 amide bonds. The van der Waals surface area contributed by atoms with Gasteiger partial charge in [0.25, 0.3) is 5.91 Å². The zero-order valence-electron chi connectivity index (χ0n) is 14.2. The molecule has 2 aromatic carbocycles. The Bertz CT molecular complexity index is 1030. The smallest absolute Gasteiger partial charge is 0.272 e. The van der Waals surface area contributed by atoms with Crippen LogP contribution in [0.5, 0.6) is 5.75 Å². The maximum atomic E-state index is 14.0. The summed E-state index contributed by atoms with van der Waals surface area (Å²) in [7, 11) is 1.69. The molecule has 0 saturated heterocycles. The van der Waals surface area contributed by atoms with Gasteiger partial charge in [0.05, 0.1) is 11.9 Å². The van der Waals surface area contributed by atoms with E-state index in [1.807, 2.05) is 18.2 Å². The first-order valence-electron chi connectivity index (χ1n) is 8.12. The summed E-state index contributed by atoms with van der Waals surface area (Å²) >= 11 is 5.76. The van der Waals surface area contributed by atoms with Gasteiger partial charge in [0.2, 0.25) is 11.4 Å². The summed E-state index contributed by atoms with van der Waals surface area (Å²) in [4.78, 5) is 21.9. The SMILES string of the molecule is CN1C(=O)C(c2ccccc2Nc2nc(Cl)ncc2F)Oc2ccccc21. The van der Waals surface area contributed by atoms with Crippen LogP contribution in [-0.2, 0) is 4.79 Å². The monoisotopic (exact) mass is 384 g/mol. The van der Waals surface area contributed by atoms with Gasteiger partial charge >= 0.3 is 0 Å². The quantitative estimate of drug-likeness (QED) is 0.688. The number of likely N-dealkylation sites (N-methyl/N-ethyl adjacent to an activating group) is 1. The minimum atomic E-state index is -0.881. The summed E-state index contributed by atoms with van der Waals surface area (Å²) in [5, 5.41) is 2.79. The first kappa shape index (κ1) is 17.2. The summed E-state index contributed by atoms with van der Waals surface area (Å²) in [5.74, 6) is -0.383. The molecule has 0 radical (unpaired) electrons. The summed E-state index contributed by atoms with van der Waals surface area (Å²) in [6.45, 7) is 0. The van der Waals surface area contributed by atoms with E-state index in [0.29, 0.717) is 22.7 Å². The van der Waals surface area contributed by atoms with Crippen LogP contribution in [0, 0.1) is 5.82 Å². The Labute approximate surface area is 159 Å². The van der Waals surface area contributed by atoms with Crippen LogP contribution in [0.4, 0.5) is 21.6 Å². The third-order valence-electron chi connectivity index (χ3n) is 4.24. The third-order valence-corrected chi connectivity index (χ3v) is 4.42. The molecule has 4 rings (SSSR count). The number of hydrogen-bond donors (Lipinski definition) is 1. The number of anilines is 3. The van der Waals surface area contributed by atoms with Crippen LogP contribution in [0.3, 0.4) is 0 Å². The number of hydrogen-bond acceptors (Lipinski definition) is 5. The van der Waals surface area contributed by atoms with Gasteiger partial charge in [0, 0.05) is 18.3 Å². The van der Waals surface area contributed by atoms with Crippen LogP contribution in [0.2, 0.25) is 5.28 Å². The second-order valence-electron chi connectivity index (χ2n) is 5.91. The highest BCUT2D eigenvalue weighted by Crippen LogP contribution is 2.40. The Hall–Kier alpha value is -3.19. The average molecular weight is 385 g/mol. The number of ether oxygens (including phenoxy) is 1. The van der Waals surface area contributed by atoms with E-state index in [1.165, 1.54) is 0 Å².